The summed E-state index contributed by atoms with van der Waals surface area (Å²) in [6.45, 7) is 2.10. The summed E-state index contributed by atoms with van der Waals surface area (Å²) in [5.41, 5.74) is 1.12. The van der Waals surface area contributed by atoms with Gasteiger partial charge in [0.25, 0.3) is 0 Å². The molecule has 18 heavy (non-hydrogen) atoms. The molecule has 1 fully saturated rings. The van der Waals surface area contributed by atoms with Gasteiger partial charge in [-0.3, -0.25) is 4.21 Å². The first-order valence-electron chi connectivity index (χ1n) is 6.37. The second kappa shape index (κ2) is 6.13. The summed E-state index contributed by atoms with van der Waals surface area (Å²) in [7, 11) is 1.25. The molecule has 0 radical (unpaired) electrons. The lowest BCUT2D eigenvalue weighted by molar-refractivity contribution is 0.622. The van der Waals surface area contributed by atoms with Crippen molar-refractivity contribution in [2.24, 2.45) is 0 Å². The average molecular weight is 268 g/mol. The minimum absolute atomic E-state index is 0.382. The Morgan fingerprint density at radius 1 is 1.33 bits per heavy atom. The number of nitrogens with one attached hydrogen (secondary N) is 2. The molecule has 1 aromatic heterocycles. The summed E-state index contributed by atoms with van der Waals surface area (Å²) in [4.78, 5) is 8.56. The van der Waals surface area contributed by atoms with E-state index in [9.17, 15) is 4.21 Å². The molecule has 0 bridgehead atoms. The van der Waals surface area contributed by atoms with Crippen molar-refractivity contribution in [2.75, 3.05) is 29.2 Å². The van der Waals surface area contributed by atoms with Crippen molar-refractivity contribution in [3.63, 3.8) is 0 Å². The minimum atomic E-state index is -0.617. The number of hydrogen-bond acceptors (Lipinski definition) is 5. The molecule has 0 saturated carbocycles. The van der Waals surface area contributed by atoms with Crippen LogP contribution in [0, 0.1) is 0 Å². The Morgan fingerprint density at radius 3 is 2.61 bits per heavy atom. The molecule has 1 aromatic rings. The first-order chi connectivity index (χ1) is 8.74. The van der Waals surface area contributed by atoms with Crippen LogP contribution in [0.25, 0.3) is 0 Å². The van der Waals surface area contributed by atoms with Crippen molar-refractivity contribution in [1.29, 1.82) is 0 Å². The first-order valence-corrected chi connectivity index (χ1v) is 7.86. The average Bonchev–Trinajstić information content (AvgIpc) is 2.41. The van der Waals surface area contributed by atoms with Crippen LogP contribution >= 0.6 is 0 Å². The molecule has 2 N–H and O–H groups in total. The number of nitrogens with zero attached hydrogens (tertiary/aromatic N) is 2. The van der Waals surface area contributed by atoms with E-state index in [-0.39, 0.29) is 0 Å². The third-order valence-corrected chi connectivity index (χ3v) is 4.65. The maximum absolute atomic E-state index is 11.3. The van der Waals surface area contributed by atoms with Crippen LogP contribution in [0.3, 0.4) is 0 Å². The number of hydrogen-bond donors (Lipinski definition) is 2. The summed E-state index contributed by atoms with van der Waals surface area (Å²) in [5, 5.41) is 6.56. The van der Waals surface area contributed by atoms with Crippen LogP contribution < -0.4 is 10.6 Å². The Hall–Kier alpha value is -1.17. The van der Waals surface area contributed by atoms with E-state index < -0.39 is 10.8 Å². The van der Waals surface area contributed by atoms with E-state index >= 15 is 0 Å². The maximum atomic E-state index is 11.3. The molecule has 5 nitrogen and oxygen atoms in total. The van der Waals surface area contributed by atoms with Crippen molar-refractivity contribution < 1.29 is 4.21 Å². The lowest BCUT2D eigenvalue weighted by atomic mass is 10.1. The van der Waals surface area contributed by atoms with Gasteiger partial charge in [0.1, 0.15) is 18.0 Å². The number of rotatable bonds is 4. The van der Waals surface area contributed by atoms with E-state index in [1.807, 2.05) is 7.05 Å². The van der Waals surface area contributed by atoms with Crippen molar-refractivity contribution in [1.82, 2.24) is 9.97 Å². The van der Waals surface area contributed by atoms with Gasteiger partial charge in [-0.1, -0.05) is 6.92 Å². The number of aromatic nitrogens is 2. The van der Waals surface area contributed by atoms with Gasteiger partial charge in [-0.25, -0.2) is 9.97 Å². The first kappa shape index (κ1) is 13.3. The molecule has 1 aliphatic heterocycles. The third kappa shape index (κ3) is 2.98. The Kier molecular flexibility index (Phi) is 4.52. The standard InChI is InChI=1S/C12H20N4OS/c1-3-10-11(13-2)14-8-15-12(10)16-9-4-6-18(17)7-5-9/h8-9H,3-7H2,1-2H3,(H2,13,14,15,16). The van der Waals surface area contributed by atoms with Gasteiger partial charge in [-0.05, 0) is 19.3 Å². The van der Waals surface area contributed by atoms with Crippen molar-refractivity contribution in [2.45, 2.75) is 32.2 Å². The molecule has 2 rings (SSSR count). The normalized spacial score (nSPS) is 23.7. The highest BCUT2D eigenvalue weighted by Crippen LogP contribution is 2.22. The quantitative estimate of drug-likeness (QED) is 0.864. The Bertz CT molecular complexity index is 428. The van der Waals surface area contributed by atoms with Gasteiger partial charge < -0.3 is 10.6 Å². The summed E-state index contributed by atoms with van der Waals surface area (Å²) < 4.78 is 11.3. The highest BCUT2D eigenvalue weighted by Gasteiger charge is 2.19. The van der Waals surface area contributed by atoms with E-state index in [2.05, 4.69) is 27.5 Å². The second-order valence-electron chi connectivity index (χ2n) is 4.42. The zero-order chi connectivity index (χ0) is 13.0. The molecule has 100 valence electrons. The monoisotopic (exact) mass is 268 g/mol. The van der Waals surface area contributed by atoms with Gasteiger partial charge >= 0.3 is 0 Å². The van der Waals surface area contributed by atoms with Crippen molar-refractivity contribution in [3.8, 4) is 0 Å². The van der Waals surface area contributed by atoms with Crippen LogP contribution in [-0.4, -0.2) is 38.8 Å². The van der Waals surface area contributed by atoms with Gasteiger partial charge in [0.05, 0.1) is 0 Å². The van der Waals surface area contributed by atoms with Crippen LogP contribution in [0.5, 0.6) is 0 Å². The van der Waals surface area contributed by atoms with E-state index in [0.29, 0.717) is 6.04 Å². The molecule has 2 heterocycles. The fourth-order valence-corrected chi connectivity index (χ4v) is 3.52. The Labute approximate surface area is 110 Å². The van der Waals surface area contributed by atoms with Crippen LogP contribution in [0.4, 0.5) is 11.6 Å². The van der Waals surface area contributed by atoms with E-state index in [1.165, 1.54) is 0 Å². The van der Waals surface area contributed by atoms with Crippen molar-refractivity contribution in [3.05, 3.63) is 11.9 Å². The molecule has 1 saturated heterocycles. The highest BCUT2D eigenvalue weighted by molar-refractivity contribution is 7.85. The number of anilines is 2. The van der Waals surface area contributed by atoms with Gasteiger partial charge in [-0.2, -0.15) is 0 Å². The van der Waals surface area contributed by atoms with Gasteiger partial charge in [0.2, 0.25) is 0 Å². The summed E-state index contributed by atoms with van der Waals surface area (Å²) in [5.74, 6) is 3.38. The third-order valence-electron chi connectivity index (χ3n) is 3.26. The van der Waals surface area contributed by atoms with Crippen LogP contribution in [0.1, 0.15) is 25.3 Å². The fourth-order valence-electron chi connectivity index (χ4n) is 2.22. The summed E-state index contributed by atoms with van der Waals surface area (Å²) in [6, 6.07) is 0.382. The summed E-state index contributed by atoms with van der Waals surface area (Å²) >= 11 is 0. The molecule has 0 aromatic carbocycles. The van der Waals surface area contributed by atoms with Gasteiger partial charge in [-0.15, -0.1) is 0 Å². The molecule has 6 heteroatoms. The topological polar surface area (TPSA) is 66.9 Å². The molecule has 1 aliphatic rings. The van der Waals surface area contributed by atoms with Gasteiger partial charge in [0, 0.05) is 41.0 Å². The fraction of sp³-hybridized carbons (Fsp3) is 0.667. The Balaban J connectivity index is 2.11. The van der Waals surface area contributed by atoms with Crippen LogP contribution in [0.2, 0.25) is 0 Å². The lowest BCUT2D eigenvalue weighted by Crippen LogP contribution is -2.30. The maximum Gasteiger partial charge on any atom is 0.134 e. The van der Waals surface area contributed by atoms with Crippen LogP contribution in [-0.2, 0) is 17.2 Å². The molecule has 0 aliphatic carbocycles. The summed E-state index contributed by atoms with van der Waals surface area (Å²) in [6.07, 6.45) is 4.37. The van der Waals surface area contributed by atoms with E-state index in [0.717, 1.165) is 48.0 Å². The smallest absolute Gasteiger partial charge is 0.134 e. The van der Waals surface area contributed by atoms with E-state index in [1.54, 1.807) is 6.33 Å². The molecular weight excluding hydrogens is 248 g/mol. The predicted octanol–water partition coefficient (Wildman–Crippen LogP) is 1.40. The SMILES string of the molecule is CCc1c(NC)ncnc1NC1CCS(=O)CC1. The molecule has 0 amide bonds. The van der Waals surface area contributed by atoms with Crippen molar-refractivity contribution >= 4 is 22.4 Å². The Morgan fingerprint density at radius 2 is 2.00 bits per heavy atom. The molecule has 0 spiro atoms. The molecular formula is C12H20N4OS. The second-order valence-corrected chi connectivity index (χ2v) is 6.12. The van der Waals surface area contributed by atoms with Gasteiger partial charge in [0.15, 0.2) is 0 Å². The van der Waals surface area contributed by atoms with Crippen LogP contribution in [0.15, 0.2) is 6.33 Å². The molecule has 0 atom stereocenters. The zero-order valence-electron chi connectivity index (χ0n) is 10.9. The largest absolute Gasteiger partial charge is 0.373 e. The lowest BCUT2D eigenvalue weighted by Gasteiger charge is -2.24. The predicted molar refractivity (Wildman–Crippen MR) is 75.5 cm³/mol. The highest BCUT2D eigenvalue weighted by atomic mass is 32.2. The molecule has 0 unspecified atom stereocenters. The minimum Gasteiger partial charge on any atom is -0.373 e. The zero-order valence-corrected chi connectivity index (χ0v) is 11.7. The van der Waals surface area contributed by atoms with E-state index in [4.69, 9.17) is 0 Å².